The molecule has 72 valence electrons. The molecule has 1 aliphatic carbocycles. The lowest BCUT2D eigenvalue weighted by Crippen LogP contribution is -2.03. The molecule has 1 aromatic carbocycles. The van der Waals surface area contributed by atoms with Crippen molar-refractivity contribution in [2.45, 2.75) is 12.8 Å². The minimum Gasteiger partial charge on any atom is -0.504 e. The predicted molar refractivity (Wildman–Crippen MR) is 58.9 cm³/mol. The number of rotatable bonds is 1. The third kappa shape index (κ3) is 1.46. The first kappa shape index (κ1) is 9.07. The monoisotopic (exact) mass is 186 g/mol. The van der Waals surface area contributed by atoms with Crippen LogP contribution in [0.4, 0.5) is 0 Å². The molecular formula is C13H14O. The van der Waals surface area contributed by atoms with Gasteiger partial charge in [0.05, 0.1) is 13.4 Å². The Morgan fingerprint density at radius 2 is 2.07 bits per heavy atom. The smallest absolute Gasteiger partial charge is 0.0905 e. The number of methoxy groups -OCH3 is 1. The van der Waals surface area contributed by atoms with Crippen LogP contribution in [-0.2, 0) is 11.2 Å². The van der Waals surface area contributed by atoms with Crippen LogP contribution in [0.3, 0.4) is 0 Å². The van der Waals surface area contributed by atoms with E-state index in [2.05, 4.69) is 30.8 Å². The van der Waals surface area contributed by atoms with Crippen LogP contribution in [0.1, 0.15) is 17.5 Å². The van der Waals surface area contributed by atoms with E-state index in [-0.39, 0.29) is 0 Å². The third-order valence-electron chi connectivity index (χ3n) is 2.62. The largest absolute Gasteiger partial charge is 0.504 e. The van der Waals surface area contributed by atoms with Crippen molar-refractivity contribution < 1.29 is 4.74 Å². The molecule has 2 rings (SSSR count). The van der Waals surface area contributed by atoms with Crippen LogP contribution in [0, 0.1) is 0 Å². The first-order valence-electron chi connectivity index (χ1n) is 4.82. The first-order chi connectivity index (χ1) is 6.83. The molecule has 0 fully saturated rings. The average Bonchev–Trinajstić information content (AvgIpc) is 2.23. The Morgan fingerprint density at radius 1 is 1.29 bits per heavy atom. The number of hydrogen-bond acceptors (Lipinski definition) is 1. The molecule has 14 heavy (non-hydrogen) atoms. The van der Waals surface area contributed by atoms with E-state index in [0.29, 0.717) is 0 Å². The molecule has 0 atom stereocenters. The summed E-state index contributed by atoms with van der Waals surface area (Å²) < 4.78 is 5.09. The quantitative estimate of drug-likeness (QED) is 0.612. The van der Waals surface area contributed by atoms with Gasteiger partial charge in [-0.05, 0) is 29.5 Å². The van der Waals surface area contributed by atoms with Crippen LogP contribution in [0.2, 0.25) is 0 Å². The van der Waals surface area contributed by atoms with Crippen LogP contribution in [-0.4, -0.2) is 7.11 Å². The molecular weight excluding hydrogens is 172 g/mol. The highest BCUT2D eigenvalue weighted by molar-refractivity contribution is 5.81. The molecule has 0 aliphatic heterocycles. The number of fused-ring (bicyclic) bond motifs is 1. The van der Waals surface area contributed by atoms with Gasteiger partial charge in [0.1, 0.15) is 0 Å². The minimum atomic E-state index is 1.03. The van der Waals surface area contributed by atoms with Gasteiger partial charge in [-0.15, -0.1) is 0 Å². The summed E-state index contributed by atoms with van der Waals surface area (Å²) in [5.41, 5.74) is 4.98. The Kier molecular flexibility index (Phi) is 2.40. The van der Waals surface area contributed by atoms with Gasteiger partial charge in [0.25, 0.3) is 0 Å². The normalized spacial score (nSPS) is 18.1. The lowest BCUT2D eigenvalue weighted by molar-refractivity contribution is 0.339. The SMILES string of the molecule is C=C1CCc2ccccc2/C1=C/OC. The highest BCUT2D eigenvalue weighted by Crippen LogP contribution is 2.33. The lowest BCUT2D eigenvalue weighted by atomic mass is 9.85. The average molecular weight is 186 g/mol. The van der Waals surface area contributed by atoms with E-state index in [0.717, 1.165) is 18.4 Å². The standard InChI is InChI=1S/C13H14O/c1-10-7-8-11-5-3-4-6-12(11)13(10)9-14-2/h3-6,9H,1,7-8H2,2H3/b13-9+. The second kappa shape index (κ2) is 3.70. The molecule has 0 heterocycles. The maximum atomic E-state index is 5.09. The minimum absolute atomic E-state index is 1.03. The summed E-state index contributed by atoms with van der Waals surface area (Å²) in [6.45, 7) is 4.06. The number of ether oxygens (including phenoxy) is 1. The zero-order valence-corrected chi connectivity index (χ0v) is 8.42. The van der Waals surface area contributed by atoms with Gasteiger partial charge in [0, 0.05) is 5.57 Å². The van der Waals surface area contributed by atoms with Crippen LogP contribution in [0.5, 0.6) is 0 Å². The summed E-state index contributed by atoms with van der Waals surface area (Å²) in [5, 5.41) is 0. The Bertz CT molecular complexity index is 388. The molecule has 1 heteroatoms. The maximum Gasteiger partial charge on any atom is 0.0905 e. The van der Waals surface area contributed by atoms with E-state index < -0.39 is 0 Å². The van der Waals surface area contributed by atoms with E-state index in [4.69, 9.17) is 4.74 Å². The Balaban J connectivity index is 2.52. The summed E-state index contributed by atoms with van der Waals surface area (Å²) in [4.78, 5) is 0. The molecule has 0 unspecified atom stereocenters. The molecule has 1 nitrogen and oxygen atoms in total. The molecule has 0 radical (unpaired) electrons. The second-order valence-electron chi connectivity index (χ2n) is 3.53. The molecule has 0 amide bonds. The number of aryl methyl sites for hydroxylation is 1. The van der Waals surface area contributed by atoms with Gasteiger partial charge in [-0.2, -0.15) is 0 Å². The maximum absolute atomic E-state index is 5.09. The summed E-state index contributed by atoms with van der Waals surface area (Å²) in [6.07, 6.45) is 3.92. The highest BCUT2D eigenvalue weighted by atomic mass is 16.5. The van der Waals surface area contributed by atoms with Crippen LogP contribution in [0.15, 0.2) is 42.7 Å². The van der Waals surface area contributed by atoms with E-state index in [1.165, 1.54) is 16.7 Å². The molecule has 0 saturated heterocycles. The van der Waals surface area contributed by atoms with Gasteiger partial charge in [0.15, 0.2) is 0 Å². The summed E-state index contributed by atoms with van der Waals surface area (Å²) in [5.74, 6) is 0. The van der Waals surface area contributed by atoms with Crippen LogP contribution >= 0.6 is 0 Å². The first-order valence-corrected chi connectivity index (χ1v) is 4.82. The van der Waals surface area contributed by atoms with Crippen molar-refractivity contribution in [3.05, 3.63) is 53.8 Å². The topological polar surface area (TPSA) is 9.23 Å². The fourth-order valence-electron chi connectivity index (χ4n) is 1.88. The van der Waals surface area contributed by atoms with Gasteiger partial charge in [-0.3, -0.25) is 0 Å². The Hall–Kier alpha value is -1.50. The van der Waals surface area contributed by atoms with Gasteiger partial charge in [0.2, 0.25) is 0 Å². The predicted octanol–water partition coefficient (Wildman–Crippen LogP) is 3.18. The Labute approximate surface area is 84.7 Å². The molecule has 0 bridgehead atoms. The van der Waals surface area contributed by atoms with Gasteiger partial charge in [-0.1, -0.05) is 30.8 Å². The molecule has 1 aliphatic rings. The number of allylic oxidation sites excluding steroid dienone is 2. The van der Waals surface area contributed by atoms with E-state index >= 15 is 0 Å². The Morgan fingerprint density at radius 3 is 2.86 bits per heavy atom. The summed E-state index contributed by atoms with van der Waals surface area (Å²) in [7, 11) is 1.68. The van der Waals surface area contributed by atoms with E-state index in [9.17, 15) is 0 Å². The van der Waals surface area contributed by atoms with Crippen molar-refractivity contribution in [3.8, 4) is 0 Å². The lowest BCUT2D eigenvalue weighted by Gasteiger charge is -2.20. The van der Waals surface area contributed by atoms with Crippen molar-refractivity contribution in [1.29, 1.82) is 0 Å². The molecule has 0 N–H and O–H groups in total. The second-order valence-corrected chi connectivity index (χ2v) is 3.53. The van der Waals surface area contributed by atoms with Gasteiger partial charge in [-0.25, -0.2) is 0 Å². The highest BCUT2D eigenvalue weighted by Gasteiger charge is 2.16. The van der Waals surface area contributed by atoms with Crippen molar-refractivity contribution in [3.63, 3.8) is 0 Å². The van der Waals surface area contributed by atoms with Crippen LogP contribution in [0.25, 0.3) is 5.57 Å². The fourth-order valence-corrected chi connectivity index (χ4v) is 1.88. The van der Waals surface area contributed by atoms with E-state index in [1.54, 1.807) is 13.4 Å². The van der Waals surface area contributed by atoms with Crippen molar-refractivity contribution in [1.82, 2.24) is 0 Å². The molecule has 0 spiro atoms. The number of benzene rings is 1. The third-order valence-corrected chi connectivity index (χ3v) is 2.62. The molecule has 1 aromatic rings. The zero-order chi connectivity index (χ0) is 9.97. The van der Waals surface area contributed by atoms with Crippen LogP contribution < -0.4 is 0 Å². The molecule has 0 aromatic heterocycles. The summed E-state index contributed by atoms with van der Waals surface area (Å²) >= 11 is 0. The fraction of sp³-hybridized carbons (Fsp3) is 0.231. The van der Waals surface area contributed by atoms with Gasteiger partial charge >= 0.3 is 0 Å². The van der Waals surface area contributed by atoms with Crippen molar-refractivity contribution in [2.75, 3.05) is 7.11 Å². The van der Waals surface area contributed by atoms with Gasteiger partial charge < -0.3 is 4.74 Å². The molecule has 0 saturated carbocycles. The number of hydrogen-bond donors (Lipinski definition) is 0. The van der Waals surface area contributed by atoms with Crippen molar-refractivity contribution in [2.24, 2.45) is 0 Å². The summed E-state index contributed by atoms with van der Waals surface area (Å²) in [6, 6.07) is 8.44. The van der Waals surface area contributed by atoms with E-state index in [1.807, 2.05) is 0 Å². The van der Waals surface area contributed by atoms with Crippen molar-refractivity contribution >= 4 is 5.57 Å². The zero-order valence-electron chi connectivity index (χ0n) is 8.42.